The Balaban J connectivity index is 1.92. The smallest absolute Gasteiger partial charge is 0.226 e. The van der Waals surface area contributed by atoms with Crippen LogP contribution in [0.2, 0.25) is 0 Å². The monoisotopic (exact) mass is 291 g/mol. The number of alkyl halides is 1. The van der Waals surface area contributed by atoms with Crippen LogP contribution >= 0.6 is 27.7 Å². The summed E-state index contributed by atoms with van der Waals surface area (Å²) in [6, 6.07) is 0.556. The number of nitrogens with zero attached hydrogens (tertiary/aromatic N) is 1. The van der Waals surface area contributed by atoms with Crippen molar-refractivity contribution in [3.63, 3.8) is 0 Å². The third-order valence-corrected chi connectivity index (χ3v) is 4.92. The molecule has 2 nitrogen and oxygen atoms in total. The fraction of sp³-hybridized carbons (Fsp3) is 0.909. The molecule has 2 aliphatic rings. The molecule has 0 aromatic rings. The Labute approximate surface area is 104 Å². The van der Waals surface area contributed by atoms with Crippen LogP contribution in [0.25, 0.3) is 0 Å². The number of hydrogen-bond acceptors (Lipinski definition) is 2. The number of thioether (sulfide) groups is 1. The van der Waals surface area contributed by atoms with E-state index in [0.717, 1.165) is 24.0 Å². The lowest BCUT2D eigenvalue weighted by Gasteiger charge is -2.38. The Morgan fingerprint density at radius 1 is 1.40 bits per heavy atom. The third kappa shape index (κ3) is 2.70. The van der Waals surface area contributed by atoms with Crippen LogP contribution in [0.4, 0.5) is 0 Å². The van der Waals surface area contributed by atoms with Gasteiger partial charge in [-0.2, -0.15) is 11.8 Å². The molecule has 2 fully saturated rings. The van der Waals surface area contributed by atoms with Crippen LogP contribution in [0.3, 0.4) is 0 Å². The summed E-state index contributed by atoms with van der Waals surface area (Å²) in [4.78, 5) is 14.4. The minimum Gasteiger partial charge on any atom is -0.339 e. The standard InChI is InChI=1S/C11H18BrNOS/c12-5-6-13(10-2-1-3-10)11(14)9-4-7-15-8-9/h9-10H,1-8H2. The second-order valence-corrected chi connectivity index (χ2v) is 6.31. The molecule has 15 heavy (non-hydrogen) atoms. The molecule has 86 valence electrons. The van der Waals surface area contributed by atoms with Crippen molar-refractivity contribution >= 4 is 33.6 Å². The van der Waals surface area contributed by atoms with E-state index in [9.17, 15) is 4.79 Å². The zero-order valence-corrected chi connectivity index (χ0v) is 11.4. The van der Waals surface area contributed by atoms with E-state index in [0.29, 0.717) is 17.9 Å². The predicted octanol–water partition coefficient (Wildman–Crippen LogP) is 2.52. The molecule has 1 aliphatic carbocycles. The van der Waals surface area contributed by atoms with Crippen LogP contribution in [0.15, 0.2) is 0 Å². The Morgan fingerprint density at radius 3 is 2.67 bits per heavy atom. The predicted molar refractivity (Wildman–Crippen MR) is 68.6 cm³/mol. The highest BCUT2D eigenvalue weighted by Crippen LogP contribution is 2.30. The van der Waals surface area contributed by atoms with Gasteiger partial charge in [-0.15, -0.1) is 0 Å². The normalized spacial score (nSPS) is 26.3. The lowest BCUT2D eigenvalue weighted by atomic mass is 9.90. The molecule has 4 heteroatoms. The van der Waals surface area contributed by atoms with Crippen LogP contribution < -0.4 is 0 Å². The van der Waals surface area contributed by atoms with Crippen molar-refractivity contribution in [2.24, 2.45) is 5.92 Å². The lowest BCUT2D eigenvalue weighted by Crippen LogP contribution is -2.47. The van der Waals surface area contributed by atoms with Crippen LogP contribution in [-0.2, 0) is 4.79 Å². The van der Waals surface area contributed by atoms with E-state index in [-0.39, 0.29) is 0 Å². The molecular weight excluding hydrogens is 274 g/mol. The zero-order chi connectivity index (χ0) is 10.7. The van der Waals surface area contributed by atoms with E-state index in [1.807, 2.05) is 11.8 Å². The number of hydrogen-bond donors (Lipinski definition) is 0. The first-order chi connectivity index (χ1) is 7.33. The summed E-state index contributed by atoms with van der Waals surface area (Å²) in [6.45, 7) is 0.894. The number of carbonyl (C=O) groups is 1. The summed E-state index contributed by atoms with van der Waals surface area (Å²) in [5, 5.41) is 0.912. The van der Waals surface area contributed by atoms with Gasteiger partial charge >= 0.3 is 0 Å². The number of carbonyl (C=O) groups excluding carboxylic acids is 1. The molecular formula is C11H18BrNOS. The average Bonchev–Trinajstić information content (AvgIpc) is 2.66. The van der Waals surface area contributed by atoms with E-state index in [4.69, 9.17) is 0 Å². The van der Waals surface area contributed by atoms with E-state index in [2.05, 4.69) is 20.8 Å². The summed E-state index contributed by atoms with van der Waals surface area (Å²) < 4.78 is 0. The van der Waals surface area contributed by atoms with Crippen molar-refractivity contribution in [3.05, 3.63) is 0 Å². The molecule has 2 rings (SSSR count). The Kier molecular flexibility index (Phi) is 4.38. The molecule has 1 atom stereocenters. The number of amides is 1. The molecule has 0 bridgehead atoms. The van der Waals surface area contributed by atoms with Crippen LogP contribution in [-0.4, -0.2) is 40.2 Å². The van der Waals surface area contributed by atoms with Gasteiger partial charge in [0, 0.05) is 29.6 Å². The molecule has 0 aromatic carbocycles. The SMILES string of the molecule is O=C(C1CCSC1)N(CCBr)C1CCC1. The highest BCUT2D eigenvalue weighted by molar-refractivity contribution is 9.09. The first-order valence-corrected chi connectivity index (χ1v) is 8.04. The lowest BCUT2D eigenvalue weighted by molar-refractivity contribution is -0.138. The molecule has 1 unspecified atom stereocenters. The highest BCUT2D eigenvalue weighted by atomic mass is 79.9. The minimum atomic E-state index is 0.314. The molecule has 0 radical (unpaired) electrons. The molecule has 1 heterocycles. The molecule has 0 N–H and O–H groups in total. The molecule has 1 amide bonds. The molecule has 1 saturated heterocycles. The fourth-order valence-electron chi connectivity index (χ4n) is 2.23. The van der Waals surface area contributed by atoms with Gasteiger partial charge in [0.1, 0.15) is 0 Å². The minimum absolute atomic E-state index is 0.314. The van der Waals surface area contributed by atoms with Crippen molar-refractivity contribution in [2.45, 2.75) is 31.7 Å². The molecule has 0 spiro atoms. The number of halogens is 1. The van der Waals surface area contributed by atoms with Gasteiger partial charge < -0.3 is 4.90 Å². The maximum Gasteiger partial charge on any atom is 0.226 e. The largest absolute Gasteiger partial charge is 0.339 e. The van der Waals surface area contributed by atoms with Crippen LogP contribution in [0.1, 0.15) is 25.7 Å². The Hall–Kier alpha value is 0.300. The van der Waals surface area contributed by atoms with Gasteiger partial charge in [-0.3, -0.25) is 4.79 Å². The molecule has 1 aliphatic heterocycles. The van der Waals surface area contributed by atoms with E-state index in [1.54, 1.807) is 0 Å². The third-order valence-electron chi connectivity index (χ3n) is 3.40. The highest BCUT2D eigenvalue weighted by Gasteiger charge is 2.33. The summed E-state index contributed by atoms with van der Waals surface area (Å²) in [5.41, 5.74) is 0. The van der Waals surface area contributed by atoms with E-state index >= 15 is 0 Å². The van der Waals surface area contributed by atoms with Crippen molar-refractivity contribution in [3.8, 4) is 0 Å². The quantitative estimate of drug-likeness (QED) is 0.742. The topological polar surface area (TPSA) is 20.3 Å². The van der Waals surface area contributed by atoms with Gasteiger partial charge in [0.15, 0.2) is 0 Å². The second kappa shape index (κ2) is 5.58. The van der Waals surface area contributed by atoms with Crippen molar-refractivity contribution < 1.29 is 4.79 Å². The maximum atomic E-state index is 12.3. The molecule has 1 saturated carbocycles. The van der Waals surface area contributed by atoms with Gasteiger partial charge in [-0.1, -0.05) is 15.9 Å². The fourth-order valence-corrected chi connectivity index (χ4v) is 3.82. The zero-order valence-electron chi connectivity index (χ0n) is 8.95. The van der Waals surface area contributed by atoms with Gasteiger partial charge in [-0.05, 0) is 31.4 Å². The summed E-state index contributed by atoms with van der Waals surface area (Å²) in [6.07, 6.45) is 4.84. The van der Waals surface area contributed by atoms with Gasteiger partial charge in [0.25, 0.3) is 0 Å². The average molecular weight is 292 g/mol. The van der Waals surface area contributed by atoms with Gasteiger partial charge in [0.05, 0.1) is 0 Å². The second-order valence-electron chi connectivity index (χ2n) is 4.37. The first kappa shape index (κ1) is 11.8. The molecule has 0 aromatic heterocycles. The van der Waals surface area contributed by atoms with Crippen molar-refractivity contribution in [2.75, 3.05) is 23.4 Å². The van der Waals surface area contributed by atoms with E-state index < -0.39 is 0 Å². The summed E-state index contributed by atoms with van der Waals surface area (Å²) in [7, 11) is 0. The van der Waals surface area contributed by atoms with Gasteiger partial charge in [0.2, 0.25) is 5.91 Å². The Bertz CT molecular complexity index is 227. The van der Waals surface area contributed by atoms with Crippen LogP contribution in [0, 0.1) is 5.92 Å². The first-order valence-electron chi connectivity index (χ1n) is 5.77. The van der Waals surface area contributed by atoms with Gasteiger partial charge in [-0.25, -0.2) is 0 Å². The summed E-state index contributed by atoms with van der Waals surface area (Å²) in [5.74, 6) is 2.95. The van der Waals surface area contributed by atoms with Crippen molar-refractivity contribution in [1.82, 2.24) is 4.90 Å². The van der Waals surface area contributed by atoms with E-state index in [1.165, 1.54) is 25.0 Å². The Morgan fingerprint density at radius 2 is 2.20 bits per heavy atom. The summed E-state index contributed by atoms with van der Waals surface area (Å²) >= 11 is 5.37. The van der Waals surface area contributed by atoms with Crippen molar-refractivity contribution in [1.29, 1.82) is 0 Å². The maximum absolute atomic E-state index is 12.3. The van der Waals surface area contributed by atoms with Crippen LogP contribution in [0.5, 0.6) is 0 Å². The number of rotatable bonds is 4.